The molecule has 0 aromatic heterocycles. The SMILES string of the molecule is CC(C)(C)[C@@H](NC(=O)c1ccc(CN)cc1)C(=O)O. The Bertz CT molecular complexity index is 461. The van der Waals surface area contributed by atoms with Gasteiger partial charge in [0.1, 0.15) is 6.04 Å². The van der Waals surface area contributed by atoms with Gasteiger partial charge in [0.15, 0.2) is 0 Å². The largest absolute Gasteiger partial charge is 0.480 e. The van der Waals surface area contributed by atoms with Crippen LogP contribution in [0, 0.1) is 5.41 Å². The van der Waals surface area contributed by atoms with Crippen LogP contribution >= 0.6 is 0 Å². The van der Waals surface area contributed by atoms with Crippen LogP contribution in [0.2, 0.25) is 0 Å². The molecule has 0 spiro atoms. The van der Waals surface area contributed by atoms with E-state index in [1.165, 1.54) is 0 Å². The zero-order chi connectivity index (χ0) is 14.6. The van der Waals surface area contributed by atoms with Gasteiger partial charge in [-0.3, -0.25) is 4.79 Å². The third kappa shape index (κ3) is 4.06. The number of hydrogen-bond donors (Lipinski definition) is 3. The maximum absolute atomic E-state index is 12.0. The third-order valence-electron chi connectivity index (χ3n) is 2.84. The molecule has 0 heterocycles. The number of hydrogen-bond acceptors (Lipinski definition) is 3. The molecule has 1 rings (SSSR count). The minimum absolute atomic E-state index is 0.397. The molecule has 0 bridgehead atoms. The highest BCUT2D eigenvalue weighted by molar-refractivity contribution is 5.96. The predicted molar refractivity (Wildman–Crippen MR) is 72.7 cm³/mol. The summed E-state index contributed by atoms with van der Waals surface area (Å²) in [5.74, 6) is -1.44. The van der Waals surface area contributed by atoms with Crippen LogP contribution in [0.1, 0.15) is 36.7 Å². The molecular formula is C14H20N2O3. The third-order valence-corrected chi connectivity index (χ3v) is 2.84. The Morgan fingerprint density at radius 2 is 1.79 bits per heavy atom. The van der Waals surface area contributed by atoms with Crippen molar-refractivity contribution >= 4 is 11.9 Å². The molecule has 0 aliphatic carbocycles. The number of nitrogens with one attached hydrogen (secondary N) is 1. The van der Waals surface area contributed by atoms with Crippen molar-refractivity contribution in [3.8, 4) is 0 Å². The van der Waals surface area contributed by atoms with Gasteiger partial charge < -0.3 is 16.2 Å². The van der Waals surface area contributed by atoms with Crippen molar-refractivity contribution in [2.75, 3.05) is 0 Å². The van der Waals surface area contributed by atoms with Gasteiger partial charge in [-0.1, -0.05) is 32.9 Å². The molecule has 0 unspecified atom stereocenters. The highest BCUT2D eigenvalue weighted by Gasteiger charge is 2.32. The van der Waals surface area contributed by atoms with E-state index in [9.17, 15) is 9.59 Å². The van der Waals surface area contributed by atoms with Gasteiger partial charge in [0.25, 0.3) is 5.91 Å². The topological polar surface area (TPSA) is 92.4 Å². The van der Waals surface area contributed by atoms with Crippen LogP contribution in [0.15, 0.2) is 24.3 Å². The maximum Gasteiger partial charge on any atom is 0.326 e. The zero-order valence-electron chi connectivity index (χ0n) is 11.4. The molecule has 1 amide bonds. The molecule has 1 aromatic rings. The fourth-order valence-electron chi connectivity index (χ4n) is 1.66. The van der Waals surface area contributed by atoms with E-state index in [1.807, 2.05) is 0 Å². The molecule has 1 aromatic carbocycles. The van der Waals surface area contributed by atoms with Crippen LogP contribution < -0.4 is 11.1 Å². The Balaban J connectivity index is 2.85. The van der Waals surface area contributed by atoms with Gasteiger partial charge in [-0.15, -0.1) is 0 Å². The molecule has 0 radical (unpaired) electrons. The zero-order valence-corrected chi connectivity index (χ0v) is 11.4. The van der Waals surface area contributed by atoms with Crippen LogP contribution in [0.3, 0.4) is 0 Å². The van der Waals surface area contributed by atoms with Crippen molar-refractivity contribution in [3.05, 3.63) is 35.4 Å². The highest BCUT2D eigenvalue weighted by atomic mass is 16.4. The minimum atomic E-state index is -1.04. The first-order valence-electron chi connectivity index (χ1n) is 6.08. The second-order valence-corrected chi connectivity index (χ2v) is 5.51. The normalized spacial score (nSPS) is 12.8. The van der Waals surface area contributed by atoms with Crippen LogP contribution in [-0.4, -0.2) is 23.0 Å². The van der Waals surface area contributed by atoms with Gasteiger partial charge in [0, 0.05) is 12.1 Å². The molecule has 0 aliphatic rings. The van der Waals surface area contributed by atoms with Gasteiger partial charge in [0.2, 0.25) is 0 Å². The Morgan fingerprint density at radius 3 is 2.16 bits per heavy atom. The average molecular weight is 264 g/mol. The lowest BCUT2D eigenvalue weighted by Crippen LogP contribution is -2.49. The van der Waals surface area contributed by atoms with Crippen molar-refractivity contribution < 1.29 is 14.7 Å². The number of carboxylic acid groups (broad SMARTS) is 1. The van der Waals surface area contributed by atoms with Crippen molar-refractivity contribution in [2.45, 2.75) is 33.4 Å². The summed E-state index contributed by atoms with van der Waals surface area (Å²) in [6.07, 6.45) is 0. The fourth-order valence-corrected chi connectivity index (χ4v) is 1.66. The van der Waals surface area contributed by atoms with Crippen LogP contribution in [0.4, 0.5) is 0 Å². The number of carbonyl (C=O) groups is 2. The first kappa shape index (κ1) is 15.2. The minimum Gasteiger partial charge on any atom is -0.480 e. The Hall–Kier alpha value is -1.88. The van der Waals surface area contributed by atoms with E-state index in [0.29, 0.717) is 12.1 Å². The van der Waals surface area contributed by atoms with E-state index < -0.39 is 23.3 Å². The van der Waals surface area contributed by atoms with Gasteiger partial charge in [-0.25, -0.2) is 4.79 Å². The predicted octanol–water partition coefficient (Wildman–Crippen LogP) is 1.37. The maximum atomic E-state index is 12.0. The molecule has 1 atom stereocenters. The lowest BCUT2D eigenvalue weighted by Gasteiger charge is -2.27. The summed E-state index contributed by atoms with van der Waals surface area (Å²) in [5.41, 5.74) is 6.26. The summed E-state index contributed by atoms with van der Waals surface area (Å²) in [5, 5.41) is 11.7. The van der Waals surface area contributed by atoms with Crippen molar-refractivity contribution in [1.29, 1.82) is 0 Å². The summed E-state index contributed by atoms with van der Waals surface area (Å²) in [6.45, 7) is 5.71. The molecule has 0 aliphatic heterocycles. The first-order chi connectivity index (χ1) is 8.75. The monoisotopic (exact) mass is 264 g/mol. The van der Waals surface area contributed by atoms with Crippen molar-refractivity contribution in [1.82, 2.24) is 5.32 Å². The van der Waals surface area contributed by atoms with Crippen LogP contribution in [0.5, 0.6) is 0 Å². The van der Waals surface area contributed by atoms with E-state index in [1.54, 1.807) is 45.0 Å². The second-order valence-electron chi connectivity index (χ2n) is 5.51. The number of nitrogens with two attached hydrogens (primary N) is 1. The fraction of sp³-hybridized carbons (Fsp3) is 0.429. The summed E-state index contributed by atoms with van der Waals surface area (Å²) >= 11 is 0. The number of carboxylic acids is 1. The highest BCUT2D eigenvalue weighted by Crippen LogP contribution is 2.20. The average Bonchev–Trinajstić information content (AvgIpc) is 2.34. The molecule has 19 heavy (non-hydrogen) atoms. The standard InChI is InChI=1S/C14H20N2O3/c1-14(2,3)11(13(18)19)16-12(17)10-6-4-9(8-15)5-7-10/h4-7,11H,8,15H2,1-3H3,(H,16,17)(H,18,19)/t11-/m0/s1. The molecular weight excluding hydrogens is 244 g/mol. The van der Waals surface area contributed by atoms with E-state index >= 15 is 0 Å². The lowest BCUT2D eigenvalue weighted by molar-refractivity contribution is -0.142. The van der Waals surface area contributed by atoms with Gasteiger partial charge >= 0.3 is 5.97 Å². The molecule has 5 nitrogen and oxygen atoms in total. The number of amides is 1. The van der Waals surface area contributed by atoms with Gasteiger partial charge in [-0.05, 0) is 23.1 Å². The molecule has 0 saturated carbocycles. The van der Waals surface area contributed by atoms with E-state index in [4.69, 9.17) is 10.8 Å². The number of benzene rings is 1. The van der Waals surface area contributed by atoms with E-state index in [2.05, 4.69) is 5.32 Å². The van der Waals surface area contributed by atoms with E-state index in [0.717, 1.165) is 5.56 Å². The molecule has 5 heteroatoms. The van der Waals surface area contributed by atoms with Gasteiger partial charge in [-0.2, -0.15) is 0 Å². The molecule has 0 saturated heterocycles. The Kier molecular flexibility index (Phi) is 4.67. The van der Waals surface area contributed by atoms with Crippen LogP contribution in [-0.2, 0) is 11.3 Å². The number of aliphatic carboxylic acids is 1. The second kappa shape index (κ2) is 5.84. The molecule has 104 valence electrons. The Morgan fingerprint density at radius 1 is 1.26 bits per heavy atom. The van der Waals surface area contributed by atoms with Gasteiger partial charge in [0.05, 0.1) is 0 Å². The summed E-state index contributed by atoms with van der Waals surface area (Å²) in [4.78, 5) is 23.2. The molecule has 4 N–H and O–H groups in total. The molecule has 0 fully saturated rings. The van der Waals surface area contributed by atoms with Crippen molar-refractivity contribution in [2.24, 2.45) is 11.1 Å². The lowest BCUT2D eigenvalue weighted by atomic mass is 9.86. The number of carbonyl (C=O) groups excluding carboxylic acids is 1. The van der Waals surface area contributed by atoms with Crippen LogP contribution in [0.25, 0.3) is 0 Å². The quantitative estimate of drug-likeness (QED) is 0.766. The van der Waals surface area contributed by atoms with E-state index in [-0.39, 0.29) is 0 Å². The summed E-state index contributed by atoms with van der Waals surface area (Å²) in [6, 6.07) is 5.84. The summed E-state index contributed by atoms with van der Waals surface area (Å²) in [7, 11) is 0. The Labute approximate surface area is 112 Å². The number of rotatable bonds is 4. The first-order valence-corrected chi connectivity index (χ1v) is 6.08. The smallest absolute Gasteiger partial charge is 0.326 e. The van der Waals surface area contributed by atoms with Crippen molar-refractivity contribution in [3.63, 3.8) is 0 Å². The summed E-state index contributed by atoms with van der Waals surface area (Å²) < 4.78 is 0.